The zero-order valence-corrected chi connectivity index (χ0v) is 21.6. The Balaban J connectivity index is 1.25. The van der Waals surface area contributed by atoms with Gasteiger partial charge >= 0.3 is 6.18 Å². The first-order chi connectivity index (χ1) is 18.8. The van der Waals surface area contributed by atoms with E-state index in [2.05, 4.69) is 20.2 Å². The summed E-state index contributed by atoms with van der Waals surface area (Å²) in [5.74, 6) is 1.53. The molecule has 1 aliphatic rings. The van der Waals surface area contributed by atoms with Crippen molar-refractivity contribution in [1.82, 2.24) is 14.9 Å². The summed E-state index contributed by atoms with van der Waals surface area (Å²) in [4.78, 5) is 11.1. The molecular formula is C28H26ClF3N4O3. The van der Waals surface area contributed by atoms with Crippen LogP contribution in [0.25, 0.3) is 10.9 Å². The van der Waals surface area contributed by atoms with Crippen molar-refractivity contribution in [2.24, 2.45) is 0 Å². The molecule has 0 atom stereocenters. The minimum atomic E-state index is -4.47. The Labute approximate surface area is 228 Å². The van der Waals surface area contributed by atoms with Crippen LogP contribution in [-0.4, -0.2) is 54.3 Å². The number of alkyl halides is 3. The zero-order valence-electron chi connectivity index (χ0n) is 20.9. The van der Waals surface area contributed by atoms with Crippen molar-refractivity contribution in [3.8, 4) is 17.2 Å². The van der Waals surface area contributed by atoms with Crippen molar-refractivity contribution >= 4 is 34.0 Å². The van der Waals surface area contributed by atoms with Gasteiger partial charge in [-0.15, -0.1) is 0 Å². The van der Waals surface area contributed by atoms with E-state index >= 15 is 0 Å². The lowest BCUT2D eigenvalue weighted by atomic mass is 10.2. The molecule has 2 heterocycles. The number of rotatable bonds is 9. The third-order valence-electron chi connectivity index (χ3n) is 6.18. The maximum atomic E-state index is 13.0. The summed E-state index contributed by atoms with van der Waals surface area (Å²) in [6.45, 7) is 5.00. The average molecular weight is 559 g/mol. The van der Waals surface area contributed by atoms with E-state index in [1.807, 2.05) is 18.2 Å². The summed E-state index contributed by atoms with van der Waals surface area (Å²) in [6, 6.07) is 15.2. The fourth-order valence-corrected chi connectivity index (χ4v) is 4.41. The third kappa shape index (κ3) is 7.08. The van der Waals surface area contributed by atoms with Crippen LogP contribution in [0.5, 0.6) is 17.2 Å². The van der Waals surface area contributed by atoms with E-state index in [0.29, 0.717) is 23.9 Å². The molecule has 0 amide bonds. The molecule has 0 spiro atoms. The predicted octanol–water partition coefficient (Wildman–Crippen LogP) is 6.94. The van der Waals surface area contributed by atoms with Gasteiger partial charge in [0.1, 0.15) is 29.4 Å². The van der Waals surface area contributed by atoms with E-state index in [-0.39, 0.29) is 16.5 Å². The molecule has 204 valence electrons. The quantitative estimate of drug-likeness (QED) is 0.223. The Morgan fingerprint density at radius 1 is 0.974 bits per heavy atom. The van der Waals surface area contributed by atoms with Crippen LogP contribution in [0.1, 0.15) is 12.0 Å². The second-order valence-electron chi connectivity index (χ2n) is 8.96. The molecule has 3 aromatic carbocycles. The Bertz CT molecular complexity index is 1430. The summed E-state index contributed by atoms with van der Waals surface area (Å²) in [7, 11) is 0. The summed E-state index contributed by atoms with van der Waals surface area (Å²) in [6.07, 6.45) is -2.10. The molecule has 1 aliphatic heterocycles. The Kier molecular flexibility index (Phi) is 8.35. The van der Waals surface area contributed by atoms with Gasteiger partial charge in [-0.1, -0.05) is 17.7 Å². The molecule has 0 unspecified atom stereocenters. The van der Waals surface area contributed by atoms with Crippen molar-refractivity contribution in [1.29, 1.82) is 0 Å². The van der Waals surface area contributed by atoms with E-state index in [1.54, 1.807) is 18.2 Å². The summed E-state index contributed by atoms with van der Waals surface area (Å²) >= 11 is 6.40. The monoisotopic (exact) mass is 558 g/mol. The molecule has 39 heavy (non-hydrogen) atoms. The first-order valence-electron chi connectivity index (χ1n) is 12.4. The van der Waals surface area contributed by atoms with Gasteiger partial charge in [-0.2, -0.15) is 13.2 Å². The van der Waals surface area contributed by atoms with Crippen molar-refractivity contribution in [3.05, 3.63) is 77.6 Å². The molecule has 5 rings (SSSR count). The van der Waals surface area contributed by atoms with E-state index in [9.17, 15) is 13.2 Å². The number of anilines is 2. The minimum Gasteiger partial charge on any atom is -0.494 e. The molecule has 1 fully saturated rings. The number of ether oxygens (including phenoxy) is 3. The SMILES string of the molecule is FC(F)(F)c1cccc(Oc2ccc(Nc3ncnc4ccc(OCCCN5CCOCC5)cc34)cc2Cl)c1. The zero-order chi connectivity index (χ0) is 27.2. The maximum absolute atomic E-state index is 13.0. The molecule has 1 saturated heterocycles. The van der Waals surface area contributed by atoms with E-state index in [0.717, 1.165) is 62.3 Å². The van der Waals surface area contributed by atoms with Crippen LogP contribution in [0.3, 0.4) is 0 Å². The van der Waals surface area contributed by atoms with Crippen LogP contribution in [-0.2, 0) is 10.9 Å². The van der Waals surface area contributed by atoms with Gasteiger partial charge in [0.05, 0.1) is 35.9 Å². The molecular weight excluding hydrogens is 533 g/mol. The molecule has 0 aliphatic carbocycles. The van der Waals surface area contributed by atoms with Gasteiger partial charge in [0.2, 0.25) is 0 Å². The highest BCUT2D eigenvalue weighted by molar-refractivity contribution is 6.32. The molecule has 4 aromatic rings. The molecule has 1 N–H and O–H groups in total. The van der Waals surface area contributed by atoms with Gasteiger partial charge in [-0.05, 0) is 61.0 Å². The largest absolute Gasteiger partial charge is 0.494 e. The van der Waals surface area contributed by atoms with Crippen LogP contribution in [0.2, 0.25) is 5.02 Å². The van der Waals surface area contributed by atoms with Crippen molar-refractivity contribution in [3.63, 3.8) is 0 Å². The van der Waals surface area contributed by atoms with Crippen LogP contribution in [0.15, 0.2) is 67.0 Å². The van der Waals surface area contributed by atoms with Gasteiger partial charge in [0.25, 0.3) is 0 Å². The Morgan fingerprint density at radius 3 is 2.62 bits per heavy atom. The average Bonchev–Trinajstić information content (AvgIpc) is 2.93. The van der Waals surface area contributed by atoms with Gasteiger partial charge in [0, 0.05) is 30.7 Å². The number of nitrogens with zero attached hydrogens (tertiary/aromatic N) is 3. The summed E-state index contributed by atoms with van der Waals surface area (Å²) < 4.78 is 56.0. The number of aromatic nitrogens is 2. The fourth-order valence-electron chi connectivity index (χ4n) is 4.19. The van der Waals surface area contributed by atoms with Gasteiger partial charge in [-0.25, -0.2) is 9.97 Å². The van der Waals surface area contributed by atoms with Crippen molar-refractivity contribution in [2.45, 2.75) is 12.6 Å². The molecule has 11 heteroatoms. The number of halogens is 4. The fraction of sp³-hybridized carbons (Fsp3) is 0.286. The van der Waals surface area contributed by atoms with Crippen LogP contribution in [0.4, 0.5) is 24.7 Å². The number of morpholine rings is 1. The number of hydrogen-bond donors (Lipinski definition) is 1. The van der Waals surface area contributed by atoms with E-state index < -0.39 is 11.7 Å². The lowest BCUT2D eigenvalue weighted by Gasteiger charge is -2.26. The highest BCUT2D eigenvalue weighted by Gasteiger charge is 2.30. The van der Waals surface area contributed by atoms with E-state index in [4.69, 9.17) is 25.8 Å². The van der Waals surface area contributed by atoms with E-state index in [1.165, 1.54) is 18.5 Å². The van der Waals surface area contributed by atoms with Gasteiger partial charge in [0.15, 0.2) is 0 Å². The normalized spacial score (nSPS) is 14.4. The van der Waals surface area contributed by atoms with Crippen LogP contribution < -0.4 is 14.8 Å². The Hall–Kier alpha value is -3.60. The van der Waals surface area contributed by atoms with Gasteiger partial charge in [-0.3, -0.25) is 4.90 Å². The second kappa shape index (κ2) is 12.1. The first kappa shape index (κ1) is 27.0. The standard InChI is InChI=1S/C28H26ClF3N4O3/c29-24-16-20(5-8-26(24)39-22-4-1-3-19(15-22)28(30,31)32)35-27-23-17-21(6-7-25(23)33-18-34-27)38-12-2-9-36-10-13-37-14-11-36/h1,3-8,15-18H,2,9-14H2,(H,33,34,35). The number of fused-ring (bicyclic) bond motifs is 1. The lowest BCUT2D eigenvalue weighted by molar-refractivity contribution is -0.137. The van der Waals surface area contributed by atoms with Crippen LogP contribution >= 0.6 is 11.6 Å². The lowest BCUT2D eigenvalue weighted by Crippen LogP contribution is -2.37. The molecule has 0 saturated carbocycles. The molecule has 0 radical (unpaired) electrons. The minimum absolute atomic E-state index is 0.0340. The summed E-state index contributed by atoms with van der Waals surface area (Å²) in [5, 5.41) is 4.22. The molecule has 0 bridgehead atoms. The summed E-state index contributed by atoms with van der Waals surface area (Å²) in [5.41, 5.74) is 0.558. The second-order valence-corrected chi connectivity index (χ2v) is 9.36. The van der Waals surface area contributed by atoms with Crippen molar-refractivity contribution < 1.29 is 27.4 Å². The first-order valence-corrected chi connectivity index (χ1v) is 12.8. The number of nitrogens with one attached hydrogen (secondary N) is 1. The maximum Gasteiger partial charge on any atom is 0.416 e. The van der Waals surface area contributed by atoms with Gasteiger partial charge < -0.3 is 19.5 Å². The topological polar surface area (TPSA) is 68.7 Å². The number of hydrogen-bond acceptors (Lipinski definition) is 7. The van der Waals surface area contributed by atoms with Crippen molar-refractivity contribution in [2.75, 3.05) is 44.8 Å². The third-order valence-corrected chi connectivity index (χ3v) is 6.48. The smallest absolute Gasteiger partial charge is 0.416 e. The predicted molar refractivity (Wildman–Crippen MR) is 143 cm³/mol. The van der Waals surface area contributed by atoms with Crippen LogP contribution in [0, 0.1) is 0 Å². The molecule has 7 nitrogen and oxygen atoms in total. The molecule has 1 aromatic heterocycles. The number of benzene rings is 3. The highest BCUT2D eigenvalue weighted by atomic mass is 35.5. The Morgan fingerprint density at radius 2 is 1.82 bits per heavy atom. The highest BCUT2D eigenvalue weighted by Crippen LogP contribution is 2.36.